The lowest BCUT2D eigenvalue weighted by molar-refractivity contribution is 0.0695. The van der Waals surface area contributed by atoms with Crippen LogP contribution in [0.25, 0.3) is 16.7 Å². The van der Waals surface area contributed by atoms with Crippen molar-refractivity contribution in [1.82, 2.24) is 14.9 Å². The number of nitrogens with zero attached hydrogens (tertiary/aromatic N) is 3. The van der Waals surface area contributed by atoms with Crippen LogP contribution in [0, 0.1) is 31.3 Å². The quantitative estimate of drug-likeness (QED) is 0.229. The van der Waals surface area contributed by atoms with Crippen molar-refractivity contribution >= 4 is 38.5 Å². The van der Waals surface area contributed by atoms with Gasteiger partial charge in [-0.15, -0.1) is 0 Å². The Bertz CT molecular complexity index is 1930. The molecule has 5 rings (SSSR count). The van der Waals surface area contributed by atoms with Gasteiger partial charge in [-0.05, 0) is 32.0 Å². The number of hydrogen-bond acceptors (Lipinski definition) is 8. The number of aromatic carboxylic acids is 1. The van der Waals surface area contributed by atoms with E-state index in [9.17, 15) is 31.9 Å². The molecule has 5 N–H and O–H groups in total. The Kier molecular flexibility index (Phi) is 9.04. The maximum Gasteiger partial charge on any atom is 0.341 e. The zero-order chi connectivity index (χ0) is 32.7. The molecule has 0 unspecified atom stereocenters. The summed E-state index contributed by atoms with van der Waals surface area (Å²) in [5, 5.41) is 12.6. The Morgan fingerprint density at radius 1 is 1.07 bits per heavy atom. The Morgan fingerprint density at radius 3 is 2.23 bits per heavy atom. The van der Waals surface area contributed by atoms with Crippen LogP contribution in [0.3, 0.4) is 0 Å². The third-order valence-corrected chi connectivity index (χ3v) is 7.80. The first-order valence-electron chi connectivity index (χ1n) is 13.3. The molecule has 0 spiro atoms. The van der Waals surface area contributed by atoms with Gasteiger partial charge in [0.1, 0.15) is 11.4 Å². The second-order valence-electron chi connectivity index (χ2n) is 10.6. The third kappa shape index (κ3) is 6.54. The number of hydrogen-bond donors (Lipinski definition) is 4. The zero-order valence-electron chi connectivity index (χ0n) is 24.1. The van der Waals surface area contributed by atoms with E-state index in [1.807, 2.05) is 20.8 Å². The molecule has 0 radical (unpaired) electrons. The van der Waals surface area contributed by atoms with Crippen molar-refractivity contribution < 1.29 is 36.0 Å². The number of benzene rings is 2. The Labute approximate surface area is 250 Å². The lowest BCUT2D eigenvalue weighted by atomic mass is 10.00. The standard InChI is InChI=1S/C22H22F3N5O3.C7H8O3S/c1-9(2)27-11-6-29(7-11)18-10(3)17-12(4-14(18)23)19(31)13(22(32)33)8-30(17)21-16(25)5-15(24)20(26)28-21;1-6-2-4-7(5-3-6)11(8,9)10/h4-5,8-9,11,27H,6-7H2,1-3H3,(H2,26,28)(H,32,33);2-5H,1H3,(H,8,9,10). The highest BCUT2D eigenvalue weighted by molar-refractivity contribution is 7.85. The van der Waals surface area contributed by atoms with Gasteiger partial charge >= 0.3 is 5.97 Å². The van der Waals surface area contributed by atoms with Gasteiger partial charge in [-0.1, -0.05) is 31.5 Å². The summed E-state index contributed by atoms with van der Waals surface area (Å²) in [5.41, 5.74) is 5.35. The van der Waals surface area contributed by atoms with Crippen molar-refractivity contribution in [3.8, 4) is 5.82 Å². The van der Waals surface area contributed by atoms with Gasteiger partial charge in [0.25, 0.3) is 10.1 Å². The zero-order valence-corrected chi connectivity index (χ0v) is 24.9. The summed E-state index contributed by atoms with van der Waals surface area (Å²) < 4.78 is 74.1. The normalized spacial score (nSPS) is 13.5. The molecule has 2 aromatic carbocycles. The Balaban J connectivity index is 0.000000339. The Morgan fingerprint density at radius 2 is 1.68 bits per heavy atom. The van der Waals surface area contributed by atoms with Gasteiger partial charge in [0.05, 0.1) is 21.5 Å². The predicted octanol–water partition coefficient (Wildman–Crippen LogP) is 3.82. The smallest absolute Gasteiger partial charge is 0.341 e. The number of halogens is 3. The van der Waals surface area contributed by atoms with Crippen LogP contribution in [0.5, 0.6) is 0 Å². The summed E-state index contributed by atoms with van der Waals surface area (Å²) in [4.78, 5) is 29.9. The fraction of sp³-hybridized carbons (Fsp3) is 0.276. The molecule has 1 saturated heterocycles. The highest BCUT2D eigenvalue weighted by Gasteiger charge is 2.32. The number of anilines is 2. The average Bonchev–Trinajstić information content (AvgIpc) is 2.89. The number of carbonyl (C=O) groups is 1. The highest BCUT2D eigenvalue weighted by atomic mass is 32.2. The van der Waals surface area contributed by atoms with E-state index in [2.05, 4.69) is 10.3 Å². The van der Waals surface area contributed by atoms with Gasteiger partial charge in [0.15, 0.2) is 23.3 Å². The van der Waals surface area contributed by atoms with Crippen LogP contribution in [0.1, 0.15) is 35.3 Å². The monoisotopic (exact) mass is 633 g/mol. The molecular formula is C29H30F3N5O6S. The van der Waals surface area contributed by atoms with Crippen molar-refractivity contribution in [3.63, 3.8) is 0 Å². The summed E-state index contributed by atoms with van der Waals surface area (Å²) in [5.74, 6) is -5.63. The van der Waals surface area contributed by atoms with Crippen LogP contribution >= 0.6 is 0 Å². The molecule has 234 valence electrons. The highest BCUT2D eigenvalue weighted by Crippen LogP contribution is 2.35. The number of rotatable bonds is 6. The molecular weight excluding hydrogens is 603 g/mol. The van der Waals surface area contributed by atoms with Gasteiger partial charge in [-0.2, -0.15) is 8.42 Å². The largest absolute Gasteiger partial charge is 0.477 e. The molecule has 1 aliphatic rings. The first-order valence-corrected chi connectivity index (χ1v) is 14.7. The minimum atomic E-state index is -4.02. The summed E-state index contributed by atoms with van der Waals surface area (Å²) in [6.45, 7) is 8.40. The summed E-state index contributed by atoms with van der Waals surface area (Å²) in [7, 11) is -4.02. The van der Waals surface area contributed by atoms with Gasteiger partial charge in [-0.3, -0.25) is 13.9 Å². The SMILES string of the molecule is Cc1c(N2CC(NC(C)C)C2)c(F)cc2c(=O)c(C(=O)O)cn(-c3nc(N)c(F)cc3F)c12.Cc1ccc(S(=O)(=O)O)cc1. The second-order valence-corrected chi connectivity index (χ2v) is 12.1. The number of aryl methyl sites for hydroxylation is 2. The van der Waals surface area contributed by atoms with E-state index in [4.69, 9.17) is 10.3 Å². The number of carboxylic acid groups (broad SMARTS) is 1. The van der Waals surface area contributed by atoms with Gasteiger partial charge in [-0.25, -0.2) is 22.9 Å². The fourth-order valence-electron chi connectivity index (χ4n) is 4.93. The second kappa shape index (κ2) is 12.3. The van der Waals surface area contributed by atoms with Gasteiger partial charge in [0.2, 0.25) is 5.43 Å². The van der Waals surface area contributed by atoms with Crippen LogP contribution in [0.2, 0.25) is 0 Å². The van der Waals surface area contributed by atoms with Crippen LogP contribution in [0.4, 0.5) is 24.7 Å². The molecule has 1 fully saturated rings. The summed E-state index contributed by atoms with van der Waals surface area (Å²) >= 11 is 0. The topological polar surface area (TPSA) is 168 Å². The molecule has 0 aliphatic carbocycles. The minimum absolute atomic E-state index is 0.0547. The molecule has 1 aliphatic heterocycles. The number of nitrogen functional groups attached to an aromatic ring is 1. The van der Waals surface area contributed by atoms with E-state index < -0.39 is 56.2 Å². The molecule has 4 aromatic rings. The first kappa shape index (κ1) is 32.4. The van der Waals surface area contributed by atoms with Crippen molar-refractivity contribution in [3.05, 3.63) is 87.0 Å². The fourth-order valence-corrected chi connectivity index (χ4v) is 5.41. The van der Waals surface area contributed by atoms with Crippen LogP contribution in [0.15, 0.2) is 52.3 Å². The van der Waals surface area contributed by atoms with E-state index in [1.54, 1.807) is 24.0 Å². The number of carboxylic acids is 1. The van der Waals surface area contributed by atoms with Crippen molar-refractivity contribution in [2.45, 2.75) is 44.7 Å². The molecule has 2 aromatic heterocycles. The Hall–Kier alpha value is -4.47. The van der Waals surface area contributed by atoms with E-state index >= 15 is 4.39 Å². The van der Waals surface area contributed by atoms with Gasteiger partial charge in [0, 0.05) is 43.0 Å². The maximum absolute atomic E-state index is 15.2. The van der Waals surface area contributed by atoms with E-state index in [0.29, 0.717) is 19.2 Å². The maximum atomic E-state index is 15.2. The summed E-state index contributed by atoms with van der Waals surface area (Å²) in [6, 6.07) is 7.84. The molecule has 0 saturated carbocycles. The van der Waals surface area contributed by atoms with Crippen molar-refractivity contribution in [2.75, 3.05) is 23.7 Å². The third-order valence-electron chi connectivity index (χ3n) is 6.93. The van der Waals surface area contributed by atoms with Crippen LogP contribution in [-0.2, 0) is 10.1 Å². The predicted molar refractivity (Wildman–Crippen MR) is 159 cm³/mol. The number of nitrogens with one attached hydrogen (secondary N) is 1. The average molecular weight is 634 g/mol. The lowest BCUT2D eigenvalue weighted by Gasteiger charge is -2.43. The first-order chi connectivity index (χ1) is 20.5. The van der Waals surface area contributed by atoms with Crippen molar-refractivity contribution in [2.24, 2.45) is 0 Å². The van der Waals surface area contributed by atoms with Crippen LogP contribution in [-0.4, -0.2) is 58.8 Å². The molecule has 11 nitrogen and oxygen atoms in total. The van der Waals surface area contributed by atoms with E-state index in [1.165, 1.54) is 12.1 Å². The minimum Gasteiger partial charge on any atom is -0.477 e. The molecule has 44 heavy (non-hydrogen) atoms. The molecule has 0 amide bonds. The molecule has 15 heteroatoms. The number of nitrogens with two attached hydrogens (primary N) is 1. The lowest BCUT2D eigenvalue weighted by Crippen LogP contribution is -2.60. The molecule has 0 atom stereocenters. The molecule has 3 heterocycles. The van der Waals surface area contributed by atoms with E-state index in [0.717, 1.165) is 22.4 Å². The number of pyridine rings is 2. The summed E-state index contributed by atoms with van der Waals surface area (Å²) in [6.07, 6.45) is 0.893. The van der Waals surface area contributed by atoms with Crippen LogP contribution < -0.4 is 21.4 Å². The van der Waals surface area contributed by atoms with Gasteiger partial charge < -0.3 is 21.1 Å². The van der Waals surface area contributed by atoms with E-state index in [-0.39, 0.29) is 39.1 Å². The molecule has 0 bridgehead atoms. The van der Waals surface area contributed by atoms with Crippen molar-refractivity contribution in [1.29, 1.82) is 0 Å². The number of fused-ring (bicyclic) bond motifs is 1. The number of aromatic nitrogens is 2.